The summed E-state index contributed by atoms with van der Waals surface area (Å²) in [6.07, 6.45) is 0.689. The third-order valence-corrected chi connectivity index (χ3v) is 3.97. The molecule has 19 heavy (non-hydrogen) atoms. The van der Waals surface area contributed by atoms with Gasteiger partial charge >= 0.3 is 5.97 Å². The van der Waals surface area contributed by atoms with E-state index in [2.05, 4.69) is 4.90 Å². The lowest BCUT2D eigenvalue weighted by Gasteiger charge is -2.43. The van der Waals surface area contributed by atoms with E-state index in [1.54, 1.807) is 7.11 Å². The average Bonchev–Trinajstić information content (AvgIpc) is 2.37. The molecule has 4 nitrogen and oxygen atoms in total. The Kier molecular flexibility index (Phi) is 3.69. The van der Waals surface area contributed by atoms with Gasteiger partial charge in [0.25, 0.3) is 0 Å². The van der Waals surface area contributed by atoms with Crippen LogP contribution < -0.4 is 9.64 Å². The molecule has 4 heteroatoms. The summed E-state index contributed by atoms with van der Waals surface area (Å²) in [5, 5.41) is 9.26. The molecular weight excluding hydrogens is 242 g/mol. The minimum Gasteiger partial charge on any atom is -0.497 e. The number of methoxy groups -OCH3 is 1. The lowest BCUT2D eigenvalue weighted by molar-refractivity contribution is -0.146. The van der Waals surface area contributed by atoms with Crippen LogP contribution in [0.1, 0.15) is 20.3 Å². The van der Waals surface area contributed by atoms with Crippen molar-refractivity contribution < 1.29 is 14.6 Å². The lowest BCUT2D eigenvalue weighted by atomic mass is 9.74. The van der Waals surface area contributed by atoms with Crippen LogP contribution >= 0.6 is 0 Å². The van der Waals surface area contributed by atoms with E-state index in [-0.39, 0.29) is 11.3 Å². The Labute approximate surface area is 114 Å². The third kappa shape index (κ3) is 2.83. The van der Waals surface area contributed by atoms with E-state index in [0.717, 1.165) is 24.5 Å². The fourth-order valence-corrected chi connectivity index (χ4v) is 2.83. The number of benzene rings is 1. The van der Waals surface area contributed by atoms with Gasteiger partial charge in [-0.25, -0.2) is 0 Å². The molecule has 1 aliphatic heterocycles. The number of aliphatic carboxylic acids is 1. The molecule has 1 aromatic carbocycles. The fraction of sp³-hybridized carbons (Fsp3) is 0.533. The first kappa shape index (κ1) is 13.7. The first-order valence-corrected chi connectivity index (χ1v) is 6.56. The summed E-state index contributed by atoms with van der Waals surface area (Å²) in [5.41, 5.74) is 0.905. The van der Waals surface area contributed by atoms with Crippen LogP contribution in [0, 0.1) is 11.3 Å². The minimum absolute atomic E-state index is 0.218. The topological polar surface area (TPSA) is 49.8 Å². The molecule has 0 spiro atoms. The molecule has 1 unspecified atom stereocenters. The molecule has 0 radical (unpaired) electrons. The first-order valence-electron chi connectivity index (χ1n) is 6.56. The number of carboxylic acids is 1. The van der Waals surface area contributed by atoms with E-state index in [1.165, 1.54) is 0 Å². The van der Waals surface area contributed by atoms with Gasteiger partial charge in [0.2, 0.25) is 0 Å². The van der Waals surface area contributed by atoms with E-state index >= 15 is 0 Å². The van der Waals surface area contributed by atoms with Crippen LogP contribution in [-0.2, 0) is 4.79 Å². The van der Waals surface area contributed by atoms with E-state index in [1.807, 2.05) is 38.1 Å². The standard InChI is InChI=1S/C15H21NO3/c1-15(2)10-16(9-8-13(15)14(17)18)11-4-6-12(19-3)7-5-11/h4-7,13H,8-10H2,1-3H3,(H,17,18). The van der Waals surface area contributed by atoms with Gasteiger partial charge in [-0.15, -0.1) is 0 Å². The number of anilines is 1. The molecule has 0 aliphatic carbocycles. The number of carbonyl (C=O) groups is 1. The van der Waals surface area contributed by atoms with Gasteiger partial charge in [0, 0.05) is 18.8 Å². The van der Waals surface area contributed by atoms with Gasteiger partial charge in [-0.1, -0.05) is 13.8 Å². The molecule has 1 aromatic rings. The number of piperidine rings is 1. The maximum atomic E-state index is 11.3. The smallest absolute Gasteiger partial charge is 0.307 e. The molecule has 104 valence electrons. The molecule has 0 aromatic heterocycles. The molecule has 0 bridgehead atoms. The van der Waals surface area contributed by atoms with Crippen molar-refractivity contribution >= 4 is 11.7 Å². The Bertz CT molecular complexity index is 453. The summed E-state index contributed by atoms with van der Waals surface area (Å²) in [7, 11) is 1.65. The van der Waals surface area contributed by atoms with Crippen molar-refractivity contribution in [3.63, 3.8) is 0 Å². The highest BCUT2D eigenvalue weighted by Gasteiger charge is 2.40. The van der Waals surface area contributed by atoms with E-state index in [4.69, 9.17) is 4.74 Å². The maximum absolute atomic E-state index is 11.3. The molecule has 1 heterocycles. The summed E-state index contributed by atoms with van der Waals surface area (Å²) in [4.78, 5) is 13.5. The van der Waals surface area contributed by atoms with Crippen LogP contribution in [-0.4, -0.2) is 31.3 Å². The van der Waals surface area contributed by atoms with Gasteiger partial charge < -0.3 is 14.7 Å². The molecule has 0 amide bonds. The highest BCUT2D eigenvalue weighted by Crippen LogP contribution is 2.37. The highest BCUT2D eigenvalue weighted by atomic mass is 16.5. The van der Waals surface area contributed by atoms with Crippen molar-refractivity contribution in [3.8, 4) is 5.75 Å². The van der Waals surface area contributed by atoms with Crippen LogP contribution in [0.3, 0.4) is 0 Å². The number of nitrogens with zero attached hydrogens (tertiary/aromatic N) is 1. The van der Waals surface area contributed by atoms with Gasteiger partial charge in [0.1, 0.15) is 5.75 Å². The van der Waals surface area contributed by atoms with Crippen LogP contribution in [0.15, 0.2) is 24.3 Å². The van der Waals surface area contributed by atoms with Crippen molar-refractivity contribution in [1.82, 2.24) is 0 Å². The summed E-state index contributed by atoms with van der Waals surface area (Å²) in [6, 6.07) is 7.92. The summed E-state index contributed by atoms with van der Waals surface area (Å²) >= 11 is 0. The van der Waals surface area contributed by atoms with Gasteiger partial charge in [0.15, 0.2) is 0 Å². The molecule has 1 saturated heterocycles. The number of hydrogen-bond donors (Lipinski definition) is 1. The zero-order chi connectivity index (χ0) is 14.0. The van der Waals surface area contributed by atoms with Crippen molar-refractivity contribution in [2.45, 2.75) is 20.3 Å². The predicted octanol–water partition coefficient (Wildman–Crippen LogP) is 2.63. The SMILES string of the molecule is COc1ccc(N2CCC(C(=O)O)C(C)(C)C2)cc1. The number of rotatable bonds is 3. The Morgan fingerprint density at radius 3 is 2.47 bits per heavy atom. The number of carboxylic acid groups (broad SMARTS) is 1. The predicted molar refractivity (Wildman–Crippen MR) is 74.7 cm³/mol. The second kappa shape index (κ2) is 5.11. The van der Waals surface area contributed by atoms with Gasteiger partial charge in [-0.2, -0.15) is 0 Å². The van der Waals surface area contributed by atoms with Crippen LogP contribution in [0.2, 0.25) is 0 Å². The van der Waals surface area contributed by atoms with E-state index in [9.17, 15) is 9.90 Å². The Morgan fingerprint density at radius 2 is 2.00 bits per heavy atom. The molecule has 1 N–H and O–H groups in total. The fourth-order valence-electron chi connectivity index (χ4n) is 2.83. The molecule has 1 atom stereocenters. The zero-order valence-electron chi connectivity index (χ0n) is 11.7. The van der Waals surface area contributed by atoms with Gasteiger partial charge in [-0.3, -0.25) is 4.79 Å². The van der Waals surface area contributed by atoms with Crippen molar-refractivity contribution in [1.29, 1.82) is 0 Å². The monoisotopic (exact) mass is 263 g/mol. The summed E-state index contributed by atoms with van der Waals surface area (Å²) in [5.74, 6) is -0.107. The molecule has 1 fully saturated rings. The van der Waals surface area contributed by atoms with Crippen LogP contribution in [0.25, 0.3) is 0 Å². The number of hydrogen-bond acceptors (Lipinski definition) is 3. The maximum Gasteiger partial charge on any atom is 0.307 e. The van der Waals surface area contributed by atoms with Crippen LogP contribution in [0.5, 0.6) is 5.75 Å². The quantitative estimate of drug-likeness (QED) is 0.910. The largest absolute Gasteiger partial charge is 0.497 e. The van der Waals surface area contributed by atoms with Crippen molar-refractivity contribution in [2.75, 3.05) is 25.1 Å². The molecule has 1 aliphatic rings. The normalized spacial score (nSPS) is 22.1. The van der Waals surface area contributed by atoms with Gasteiger partial charge in [-0.05, 0) is 36.1 Å². The van der Waals surface area contributed by atoms with Crippen molar-refractivity contribution in [3.05, 3.63) is 24.3 Å². The van der Waals surface area contributed by atoms with E-state index in [0.29, 0.717) is 6.42 Å². The van der Waals surface area contributed by atoms with E-state index < -0.39 is 5.97 Å². The van der Waals surface area contributed by atoms with Crippen molar-refractivity contribution in [2.24, 2.45) is 11.3 Å². The minimum atomic E-state index is -0.681. The zero-order valence-corrected chi connectivity index (χ0v) is 11.7. The molecule has 2 rings (SSSR count). The Morgan fingerprint density at radius 1 is 1.37 bits per heavy atom. The Balaban J connectivity index is 2.13. The third-order valence-electron chi connectivity index (χ3n) is 3.97. The second-order valence-electron chi connectivity index (χ2n) is 5.79. The average molecular weight is 263 g/mol. The summed E-state index contributed by atoms with van der Waals surface area (Å²) < 4.78 is 5.15. The lowest BCUT2D eigenvalue weighted by Crippen LogP contribution is -2.48. The number of ether oxygens (including phenoxy) is 1. The van der Waals surface area contributed by atoms with Crippen LogP contribution in [0.4, 0.5) is 5.69 Å². The Hall–Kier alpha value is -1.71. The molecule has 0 saturated carbocycles. The highest BCUT2D eigenvalue weighted by molar-refractivity contribution is 5.71. The van der Waals surface area contributed by atoms with Gasteiger partial charge in [0.05, 0.1) is 13.0 Å². The second-order valence-corrected chi connectivity index (χ2v) is 5.79. The molecular formula is C15H21NO3. The summed E-state index contributed by atoms with van der Waals surface area (Å²) in [6.45, 7) is 5.60. The first-order chi connectivity index (χ1) is 8.94.